The molecule has 2 amide bonds. The number of amides is 2. The molecule has 1 fully saturated rings. The van der Waals surface area contributed by atoms with E-state index in [1.165, 1.54) is 24.3 Å². The first-order valence-corrected chi connectivity index (χ1v) is 11.9. The molecule has 2 heterocycles. The van der Waals surface area contributed by atoms with Gasteiger partial charge in [-0.3, -0.25) is 14.1 Å². The fourth-order valence-corrected chi connectivity index (χ4v) is 5.01. The summed E-state index contributed by atoms with van der Waals surface area (Å²) in [7, 11) is -4.36. The van der Waals surface area contributed by atoms with Crippen LogP contribution in [0.1, 0.15) is 12.0 Å². The number of halogens is 3. The number of aromatic nitrogens is 1. The van der Waals surface area contributed by atoms with E-state index in [1.807, 2.05) is 0 Å². The zero-order valence-electron chi connectivity index (χ0n) is 17.6. The van der Waals surface area contributed by atoms with E-state index in [-0.39, 0.29) is 30.3 Å². The lowest BCUT2D eigenvalue weighted by atomic mass is 10.00. The largest absolute Gasteiger partial charge is 0.354 e. The molecule has 0 aliphatic carbocycles. The topological polar surface area (TPSA) is 128 Å². The number of aromatic amines is 1. The van der Waals surface area contributed by atoms with E-state index in [4.69, 9.17) is 4.55 Å². The Kier molecular flexibility index (Phi) is 6.36. The van der Waals surface area contributed by atoms with Crippen LogP contribution >= 0.6 is 0 Å². The number of H-pyrrole nitrogens is 1. The highest BCUT2D eigenvalue weighted by molar-refractivity contribution is 7.85. The van der Waals surface area contributed by atoms with Gasteiger partial charge >= 0.3 is 0 Å². The van der Waals surface area contributed by atoms with Crippen LogP contribution in [0, 0.1) is 23.4 Å². The van der Waals surface area contributed by atoms with Crippen molar-refractivity contribution in [2.24, 2.45) is 5.92 Å². The van der Waals surface area contributed by atoms with Crippen LogP contribution in [0.15, 0.2) is 36.4 Å². The van der Waals surface area contributed by atoms with Crippen molar-refractivity contribution >= 4 is 32.8 Å². The van der Waals surface area contributed by atoms with E-state index < -0.39 is 57.1 Å². The summed E-state index contributed by atoms with van der Waals surface area (Å²) < 4.78 is 73.2. The van der Waals surface area contributed by atoms with E-state index in [1.54, 1.807) is 0 Å². The number of nitrogens with one attached hydrogen (secondary N) is 3. The maximum absolute atomic E-state index is 14.4. The fraction of sp³-hybridized carbons (Fsp3) is 0.273. The van der Waals surface area contributed by atoms with Crippen LogP contribution in [-0.4, -0.2) is 48.1 Å². The molecule has 1 aliphatic heterocycles. The summed E-state index contributed by atoms with van der Waals surface area (Å²) in [5, 5.41) is 5.12. The van der Waals surface area contributed by atoms with Crippen molar-refractivity contribution in [3.63, 3.8) is 0 Å². The smallest absolute Gasteiger partial charge is 0.265 e. The van der Waals surface area contributed by atoms with Gasteiger partial charge in [0.1, 0.15) is 23.5 Å². The molecule has 2 atom stereocenters. The van der Waals surface area contributed by atoms with Gasteiger partial charge in [0.05, 0.1) is 11.3 Å². The predicted molar refractivity (Wildman–Crippen MR) is 117 cm³/mol. The van der Waals surface area contributed by atoms with Gasteiger partial charge in [0.15, 0.2) is 0 Å². The van der Waals surface area contributed by atoms with E-state index in [0.29, 0.717) is 16.8 Å². The van der Waals surface area contributed by atoms with Gasteiger partial charge in [-0.15, -0.1) is 0 Å². The molecule has 8 nitrogen and oxygen atoms in total. The van der Waals surface area contributed by atoms with E-state index in [9.17, 15) is 31.2 Å². The molecule has 0 spiro atoms. The van der Waals surface area contributed by atoms with Crippen LogP contribution in [0.25, 0.3) is 22.2 Å². The Balaban J connectivity index is 1.59. The summed E-state index contributed by atoms with van der Waals surface area (Å²) in [5.41, 5.74) is 1.33. The first-order chi connectivity index (χ1) is 16.0. The molecule has 4 N–H and O–H groups in total. The molecule has 0 bridgehead atoms. The molecular weight excluding hydrogens is 475 g/mol. The van der Waals surface area contributed by atoms with Gasteiger partial charge in [0.25, 0.3) is 10.1 Å². The maximum Gasteiger partial charge on any atom is 0.265 e. The average molecular weight is 495 g/mol. The number of carbonyl (C=O) groups is 2. The first-order valence-electron chi connectivity index (χ1n) is 10.3. The van der Waals surface area contributed by atoms with Crippen LogP contribution in [0.2, 0.25) is 0 Å². The molecule has 0 saturated carbocycles. The molecule has 4 rings (SSSR count). The number of fused-ring (bicyclic) bond motifs is 1. The Bertz CT molecular complexity index is 1370. The molecule has 2 aromatic carbocycles. The highest BCUT2D eigenvalue weighted by Crippen LogP contribution is 2.33. The number of hydrogen-bond donors (Lipinski definition) is 4. The molecule has 1 saturated heterocycles. The van der Waals surface area contributed by atoms with E-state index >= 15 is 0 Å². The van der Waals surface area contributed by atoms with E-state index in [2.05, 4.69) is 15.6 Å². The minimum absolute atomic E-state index is 0.0126. The molecule has 34 heavy (non-hydrogen) atoms. The third-order valence-electron chi connectivity index (χ3n) is 5.70. The minimum Gasteiger partial charge on any atom is -0.354 e. The standard InChI is InChI=1S/C22H20F3N3O5S/c23-13-3-1-11(2-4-13)19-15(16-7-14(24)8-17(25)21(16)28-19)5-6-18(29)27-20-12(9-26-22(20)30)10-34(31,32)33/h1-4,7-8,12,20,28H,5-6,9-10H2,(H,26,30)(H,27,29)(H,31,32,33)/t12-,20-/m0/s1. The van der Waals surface area contributed by atoms with E-state index in [0.717, 1.165) is 12.1 Å². The summed E-state index contributed by atoms with van der Waals surface area (Å²) in [5.74, 6) is -4.85. The molecule has 180 valence electrons. The number of carbonyl (C=O) groups excluding carboxylic acids is 2. The second-order valence-corrected chi connectivity index (χ2v) is 9.59. The molecule has 0 radical (unpaired) electrons. The summed E-state index contributed by atoms with van der Waals surface area (Å²) in [6.07, 6.45) is -0.180. The first kappa shape index (κ1) is 23.8. The van der Waals surface area contributed by atoms with Gasteiger partial charge in [-0.25, -0.2) is 13.2 Å². The third kappa shape index (κ3) is 5.07. The van der Waals surface area contributed by atoms with Crippen molar-refractivity contribution in [2.75, 3.05) is 12.3 Å². The number of hydrogen-bond acceptors (Lipinski definition) is 4. The van der Waals surface area contributed by atoms with Gasteiger partial charge in [-0.2, -0.15) is 8.42 Å². The quantitative estimate of drug-likeness (QED) is 0.374. The van der Waals surface area contributed by atoms with Gasteiger partial charge < -0.3 is 15.6 Å². The second kappa shape index (κ2) is 9.11. The molecule has 12 heteroatoms. The molecule has 1 aromatic heterocycles. The van der Waals surface area contributed by atoms with Crippen LogP contribution in [0.4, 0.5) is 13.2 Å². The predicted octanol–water partition coefficient (Wildman–Crippen LogP) is 2.30. The Labute approximate surface area is 192 Å². The minimum atomic E-state index is -4.36. The van der Waals surface area contributed by atoms with Gasteiger partial charge in [0, 0.05) is 36.0 Å². The van der Waals surface area contributed by atoms with Crippen LogP contribution in [-0.2, 0) is 26.1 Å². The SMILES string of the molecule is O=C(CCc1c(-c2ccc(F)cc2)[nH]c2c(F)cc(F)cc12)N[C@@H]1C(=O)NC[C@H]1CS(=O)(=O)O. The van der Waals surface area contributed by atoms with Gasteiger partial charge in [-0.1, -0.05) is 0 Å². The second-order valence-electron chi connectivity index (χ2n) is 8.09. The molecule has 0 unspecified atom stereocenters. The normalized spacial score (nSPS) is 18.3. The Morgan fingerprint density at radius 2 is 1.82 bits per heavy atom. The van der Waals surface area contributed by atoms with Crippen molar-refractivity contribution in [2.45, 2.75) is 18.9 Å². The fourth-order valence-electron chi connectivity index (χ4n) is 4.16. The van der Waals surface area contributed by atoms with Crippen molar-refractivity contribution in [3.8, 4) is 11.3 Å². The maximum atomic E-state index is 14.4. The van der Waals surface area contributed by atoms with Crippen molar-refractivity contribution in [3.05, 3.63) is 59.4 Å². The zero-order valence-corrected chi connectivity index (χ0v) is 18.4. The average Bonchev–Trinajstić information content (AvgIpc) is 3.27. The van der Waals surface area contributed by atoms with Crippen LogP contribution in [0.3, 0.4) is 0 Å². The number of rotatable bonds is 7. The molecule has 3 aromatic rings. The van der Waals surface area contributed by atoms with Gasteiger partial charge in [-0.05, 0) is 47.9 Å². The Morgan fingerprint density at radius 1 is 1.12 bits per heavy atom. The van der Waals surface area contributed by atoms with Crippen molar-refractivity contribution < 1.29 is 35.7 Å². The summed E-state index contributed by atoms with van der Waals surface area (Å²) in [4.78, 5) is 27.5. The highest BCUT2D eigenvalue weighted by Gasteiger charge is 2.38. The summed E-state index contributed by atoms with van der Waals surface area (Å²) >= 11 is 0. The lowest BCUT2D eigenvalue weighted by Crippen LogP contribution is -2.45. The summed E-state index contributed by atoms with van der Waals surface area (Å²) in [6.45, 7) is -0.0285. The monoisotopic (exact) mass is 495 g/mol. The number of aryl methyl sites for hydroxylation is 1. The highest BCUT2D eigenvalue weighted by atomic mass is 32.2. The Morgan fingerprint density at radius 3 is 2.50 bits per heavy atom. The Hall–Kier alpha value is -3.38. The zero-order chi connectivity index (χ0) is 24.6. The van der Waals surface area contributed by atoms with Crippen molar-refractivity contribution in [1.82, 2.24) is 15.6 Å². The molecule has 1 aliphatic rings. The van der Waals surface area contributed by atoms with Crippen LogP contribution < -0.4 is 10.6 Å². The lowest BCUT2D eigenvalue weighted by Gasteiger charge is -2.17. The summed E-state index contributed by atoms with van der Waals surface area (Å²) in [6, 6.07) is 6.04. The third-order valence-corrected chi connectivity index (χ3v) is 6.55. The van der Waals surface area contributed by atoms with Gasteiger partial charge in [0.2, 0.25) is 11.8 Å². The van der Waals surface area contributed by atoms with Crippen molar-refractivity contribution in [1.29, 1.82) is 0 Å². The number of benzene rings is 2. The lowest BCUT2D eigenvalue weighted by molar-refractivity contribution is -0.127. The van der Waals surface area contributed by atoms with Crippen LogP contribution in [0.5, 0.6) is 0 Å². The molecular formula is C22H20F3N3O5S.